The first-order chi connectivity index (χ1) is 7.52. The van der Waals surface area contributed by atoms with Gasteiger partial charge in [0.1, 0.15) is 4.90 Å². The molecular formula is C8H15N5O2S. The molecule has 1 aromatic rings. The van der Waals surface area contributed by atoms with Crippen LogP contribution in [0.1, 0.15) is 13.3 Å². The van der Waals surface area contributed by atoms with E-state index in [1.165, 1.54) is 23.7 Å². The predicted molar refractivity (Wildman–Crippen MR) is 59.9 cm³/mol. The monoisotopic (exact) mass is 245 g/mol. The number of hydrogen-bond donors (Lipinski definition) is 2. The Balaban J connectivity index is 2.98. The van der Waals surface area contributed by atoms with Crippen molar-refractivity contribution in [3.8, 4) is 0 Å². The number of sulfonamides is 1. The third-order valence-electron chi connectivity index (χ3n) is 2.00. The molecule has 0 aliphatic carbocycles. The van der Waals surface area contributed by atoms with Crippen molar-refractivity contribution in [2.24, 2.45) is 5.84 Å². The minimum absolute atomic E-state index is 0.0578. The summed E-state index contributed by atoms with van der Waals surface area (Å²) < 4.78 is 25.1. The minimum Gasteiger partial charge on any atom is -0.292 e. The minimum atomic E-state index is -3.49. The van der Waals surface area contributed by atoms with Crippen molar-refractivity contribution < 1.29 is 8.42 Å². The first-order valence-electron chi connectivity index (χ1n) is 4.77. The Morgan fingerprint density at radius 1 is 1.44 bits per heavy atom. The Morgan fingerprint density at radius 2 is 2.00 bits per heavy atom. The number of nitrogens with two attached hydrogens (primary N) is 1. The van der Waals surface area contributed by atoms with E-state index in [0.717, 1.165) is 6.42 Å². The second kappa shape index (κ2) is 5.19. The zero-order valence-corrected chi connectivity index (χ0v) is 10.0. The van der Waals surface area contributed by atoms with Gasteiger partial charge in [-0.2, -0.15) is 0 Å². The second-order valence-corrected chi connectivity index (χ2v) is 5.26. The summed E-state index contributed by atoms with van der Waals surface area (Å²) in [6.45, 7) is 2.36. The van der Waals surface area contributed by atoms with Crippen LogP contribution in [0.15, 0.2) is 17.3 Å². The Morgan fingerprint density at radius 3 is 2.44 bits per heavy atom. The fraction of sp³-hybridized carbons (Fsp3) is 0.500. The van der Waals surface area contributed by atoms with Gasteiger partial charge in [0, 0.05) is 13.6 Å². The molecule has 0 amide bonds. The van der Waals surface area contributed by atoms with Crippen molar-refractivity contribution in [2.45, 2.75) is 18.2 Å². The molecule has 1 heterocycles. The first kappa shape index (κ1) is 12.8. The van der Waals surface area contributed by atoms with Crippen molar-refractivity contribution in [1.82, 2.24) is 14.3 Å². The summed E-state index contributed by atoms with van der Waals surface area (Å²) in [6, 6.07) is 0. The van der Waals surface area contributed by atoms with Gasteiger partial charge in [-0.05, 0) is 6.42 Å². The highest BCUT2D eigenvalue weighted by atomic mass is 32.2. The van der Waals surface area contributed by atoms with Crippen molar-refractivity contribution in [3.05, 3.63) is 12.4 Å². The molecule has 0 aliphatic rings. The SMILES string of the molecule is CCCN(C)S(=O)(=O)c1cnc(NN)nc1. The fourth-order valence-corrected chi connectivity index (χ4v) is 2.29. The van der Waals surface area contributed by atoms with Gasteiger partial charge in [0.25, 0.3) is 0 Å². The largest absolute Gasteiger partial charge is 0.292 e. The van der Waals surface area contributed by atoms with Gasteiger partial charge >= 0.3 is 0 Å². The van der Waals surface area contributed by atoms with Gasteiger partial charge in [-0.25, -0.2) is 28.5 Å². The smallest absolute Gasteiger partial charge is 0.245 e. The molecule has 0 saturated carbocycles. The Hall–Kier alpha value is -1.25. The standard InChI is InChI=1S/C8H15N5O2S/c1-3-4-13(2)16(14,15)7-5-10-8(12-9)11-6-7/h5-6H,3-4,9H2,1-2H3,(H,10,11,12). The van der Waals surface area contributed by atoms with E-state index in [1.54, 1.807) is 0 Å². The molecule has 0 saturated heterocycles. The number of nitrogens with one attached hydrogen (secondary N) is 1. The van der Waals surface area contributed by atoms with Gasteiger partial charge in [0.15, 0.2) is 0 Å². The maximum Gasteiger partial charge on any atom is 0.245 e. The topological polar surface area (TPSA) is 101 Å². The predicted octanol–water partition coefficient (Wildman–Crippen LogP) is -0.207. The van der Waals surface area contributed by atoms with Crippen LogP contribution in [0.25, 0.3) is 0 Å². The van der Waals surface area contributed by atoms with Crippen LogP contribution in [-0.4, -0.2) is 36.3 Å². The van der Waals surface area contributed by atoms with E-state index < -0.39 is 10.0 Å². The summed E-state index contributed by atoms with van der Waals surface area (Å²) in [5.74, 6) is 5.26. The van der Waals surface area contributed by atoms with Crippen LogP contribution in [-0.2, 0) is 10.0 Å². The van der Waals surface area contributed by atoms with Gasteiger partial charge in [0.05, 0.1) is 12.4 Å². The molecule has 0 radical (unpaired) electrons. The Kier molecular flexibility index (Phi) is 4.16. The molecule has 1 aromatic heterocycles. The summed E-state index contributed by atoms with van der Waals surface area (Å²) in [6.07, 6.45) is 3.20. The number of nitrogen functional groups attached to an aromatic ring is 1. The van der Waals surface area contributed by atoms with E-state index in [9.17, 15) is 8.42 Å². The van der Waals surface area contributed by atoms with Crippen LogP contribution in [0, 0.1) is 0 Å². The average molecular weight is 245 g/mol. The lowest BCUT2D eigenvalue weighted by Crippen LogP contribution is -2.28. The van der Waals surface area contributed by atoms with E-state index in [1.807, 2.05) is 6.92 Å². The molecule has 8 heteroatoms. The lowest BCUT2D eigenvalue weighted by Gasteiger charge is -2.15. The van der Waals surface area contributed by atoms with Gasteiger partial charge in [-0.1, -0.05) is 6.92 Å². The molecule has 0 bridgehead atoms. The number of nitrogens with zero attached hydrogens (tertiary/aromatic N) is 3. The molecule has 0 aliphatic heterocycles. The maximum atomic E-state index is 11.9. The number of hydrazine groups is 1. The Bertz CT molecular complexity index is 430. The van der Waals surface area contributed by atoms with E-state index in [2.05, 4.69) is 15.4 Å². The summed E-state index contributed by atoms with van der Waals surface area (Å²) in [7, 11) is -1.96. The molecule has 1 rings (SSSR count). The zero-order valence-electron chi connectivity index (χ0n) is 9.21. The van der Waals surface area contributed by atoms with Gasteiger partial charge < -0.3 is 0 Å². The lowest BCUT2D eigenvalue weighted by molar-refractivity contribution is 0.468. The van der Waals surface area contributed by atoms with E-state index in [0.29, 0.717) is 6.54 Å². The highest BCUT2D eigenvalue weighted by molar-refractivity contribution is 7.89. The molecule has 16 heavy (non-hydrogen) atoms. The number of anilines is 1. The molecule has 0 fully saturated rings. The summed E-state index contributed by atoms with van der Waals surface area (Å²) in [4.78, 5) is 7.56. The first-order valence-corrected chi connectivity index (χ1v) is 6.21. The normalized spacial score (nSPS) is 11.8. The van der Waals surface area contributed by atoms with Crippen LogP contribution in [0.3, 0.4) is 0 Å². The fourth-order valence-electron chi connectivity index (χ4n) is 1.14. The molecule has 0 spiro atoms. The van der Waals surface area contributed by atoms with Crippen molar-refractivity contribution in [1.29, 1.82) is 0 Å². The summed E-state index contributed by atoms with van der Waals surface area (Å²) >= 11 is 0. The third-order valence-corrected chi connectivity index (χ3v) is 3.81. The zero-order chi connectivity index (χ0) is 12.2. The molecule has 0 aromatic carbocycles. The molecule has 0 unspecified atom stereocenters. The molecule has 3 N–H and O–H groups in total. The second-order valence-electron chi connectivity index (χ2n) is 3.21. The van der Waals surface area contributed by atoms with Crippen LogP contribution in [0.2, 0.25) is 0 Å². The molecular weight excluding hydrogens is 230 g/mol. The van der Waals surface area contributed by atoms with Crippen molar-refractivity contribution in [3.63, 3.8) is 0 Å². The molecule has 90 valence electrons. The van der Waals surface area contributed by atoms with Crippen molar-refractivity contribution >= 4 is 16.0 Å². The van der Waals surface area contributed by atoms with Crippen LogP contribution >= 0.6 is 0 Å². The summed E-state index contributed by atoms with van der Waals surface area (Å²) in [5.41, 5.74) is 2.23. The highest BCUT2D eigenvalue weighted by Gasteiger charge is 2.20. The maximum absolute atomic E-state index is 11.9. The third kappa shape index (κ3) is 2.65. The number of rotatable bonds is 5. The lowest BCUT2D eigenvalue weighted by atomic mass is 10.5. The van der Waals surface area contributed by atoms with E-state index >= 15 is 0 Å². The van der Waals surface area contributed by atoms with E-state index in [-0.39, 0.29) is 10.8 Å². The summed E-state index contributed by atoms with van der Waals surface area (Å²) in [5, 5.41) is 0. The molecule has 7 nitrogen and oxygen atoms in total. The highest BCUT2D eigenvalue weighted by Crippen LogP contribution is 2.12. The average Bonchev–Trinajstić information content (AvgIpc) is 2.29. The van der Waals surface area contributed by atoms with Crippen LogP contribution in [0.4, 0.5) is 5.95 Å². The van der Waals surface area contributed by atoms with Gasteiger partial charge in [0.2, 0.25) is 16.0 Å². The van der Waals surface area contributed by atoms with Gasteiger partial charge in [-0.15, -0.1) is 0 Å². The van der Waals surface area contributed by atoms with Crippen molar-refractivity contribution in [2.75, 3.05) is 19.0 Å². The Labute approximate surface area is 94.7 Å². The van der Waals surface area contributed by atoms with E-state index in [4.69, 9.17) is 5.84 Å². The quantitative estimate of drug-likeness (QED) is 0.550. The molecule has 0 atom stereocenters. The number of hydrogen-bond acceptors (Lipinski definition) is 6. The van der Waals surface area contributed by atoms with Crippen LogP contribution in [0.5, 0.6) is 0 Å². The number of aromatic nitrogens is 2. The van der Waals surface area contributed by atoms with Crippen LogP contribution < -0.4 is 11.3 Å². The van der Waals surface area contributed by atoms with Gasteiger partial charge in [-0.3, -0.25) is 5.43 Å².